The third-order valence-electron chi connectivity index (χ3n) is 4.38. The average Bonchev–Trinajstić information content (AvgIpc) is 2.72. The van der Waals surface area contributed by atoms with Gasteiger partial charge in [0.2, 0.25) is 0 Å². The standard InChI is InChI=1S/C23H20ClFN2O3/c1-14-5-3-4-6-20(14)26-23(29)16-7-10-18(11-8-16)30-15(2)22(28)27-21-12-9-17(24)13-19(21)25/h3-13,15H,1-2H3,(H,26,29)(H,27,28). The molecule has 154 valence electrons. The SMILES string of the molecule is Cc1ccccc1NC(=O)c1ccc(OC(C)C(=O)Nc2ccc(Cl)cc2F)cc1. The molecule has 3 aromatic rings. The number of hydrogen-bond acceptors (Lipinski definition) is 3. The minimum absolute atomic E-state index is 0.0167. The largest absolute Gasteiger partial charge is 0.481 e. The molecule has 0 radical (unpaired) electrons. The fourth-order valence-electron chi connectivity index (χ4n) is 2.68. The molecule has 0 aliphatic rings. The molecule has 3 aromatic carbocycles. The Bertz CT molecular complexity index is 1070. The first-order valence-electron chi connectivity index (χ1n) is 9.23. The fourth-order valence-corrected chi connectivity index (χ4v) is 2.83. The van der Waals surface area contributed by atoms with Crippen LogP contribution in [0.3, 0.4) is 0 Å². The van der Waals surface area contributed by atoms with Gasteiger partial charge in [0.15, 0.2) is 6.10 Å². The van der Waals surface area contributed by atoms with Crippen LogP contribution in [0.4, 0.5) is 15.8 Å². The summed E-state index contributed by atoms with van der Waals surface area (Å²) in [7, 11) is 0. The van der Waals surface area contributed by atoms with Crippen molar-refractivity contribution in [3.05, 3.63) is 88.7 Å². The smallest absolute Gasteiger partial charge is 0.265 e. The first kappa shape index (κ1) is 21.3. The highest BCUT2D eigenvalue weighted by molar-refractivity contribution is 6.30. The summed E-state index contributed by atoms with van der Waals surface area (Å²) in [6.45, 7) is 3.46. The predicted molar refractivity (Wildman–Crippen MR) is 116 cm³/mol. The van der Waals surface area contributed by atoms with E-state index in [-0.39, 0.29) is 16.6 Å². The van der Waals surface area contributed by atoms with Crippen LogP contribution in [0.25, 0.3) is 0 Å². The summed E-state index contributed by atoms with van der Waals surface area (Å²) in [5.41, 5.74) is 2.17. The zero-order chi connectivity index (χ0) is 21.7. The van der Waals surface area contributed by atoms with Crippen LogP contribution in [0.2, 0.25) is 5.02 Å². The number of carbonyl (C=O) groups excluding carboxylic acids is 2. The monoisotopic (exact) mass is 426 g/mol. The van der Waals surface area contributed by atoms with E-state index < -0.39 is 17.8 Å². The van der Waals surface area contributed by atoms with Crippen LogP contribution in [0.1, 0.15) is 22.8 Å². The number of nitrogens with one attached hydrogen (secondary N) is 2. The minimum atomic E-state index is -0.883. The molecule has 0 aliphatic heterocycles. The van der Waals surface area contributed by atoms with Gasteiger partial charge in [0.05, 0.1) is 5.69 Å². The lowest BCUT2D eigenvalue weighted by molar-refractivity contribution is -0.122. The summed E-state index contributed by atoms with van der Waals surface area (Å²) in [4.78, 5) is 24.7. The first-order chi connectivity index (χ1) is 14.3. The first-order valence-corrected chi connectivity index (χ1v) is 9.61. The highest BCUT2D eigenvalue weighted by Crippen LogP contribution is 2.20. The maximum Gasteiger partial charge on any atom is 0.265 e. The van der Waals surface area contributed by atoms with Crippen molar-refractivity contribution in [3.8, 4) is 5.75 Å². The van der Waals surface area contributed by atoms with E-state index in [4.69, 9.17) is 16.3 Å². The lowest BCUT2D eigenvalue weighted by Gasteiger charge is -2.15. The van der Waals surface area contributed by atoms with Crippen LogP contribution >= 0.6 is 11.6 Å². The van der Waals surface area contributed by atoms with Gasteiger partial charge in [0.1, 0.15) is 11.6 Å². The number of halogens is 2. The minimum Gasteiger partial charge on any atom is -0.481 e. The van der Waals surface area contributed by atoms with E-state index in [1.807, 2.05) is 31.2 Å². The van der Waals surface area contributed by atoms with Crippen molar-refractivity contribution in [1.29, 1.82) is 0 Å². The molecule has 2 amide bonds. The molecule has 0 aromatic heterocycles. The summed E-state index contributed by atoms with van der Waals surface area (Å²) < 4.78 is 19.4. The molecule has 0 saturated carbocycles. The lowest BCUT2D eigenvalue weighted by Crippen LogP contribution is -2.30. The third kappa shape index (κ3) is 5.36. The highest BCUT2D eigenvalue weighted by atomic mass is 35.5. The van der Waals surface area contributed by atoms with Crippen LogP contribution in [-0.4, -0.2) is 17.9 Å². The van der Waals surface area contributed by atoms with Gasteiger partial charge in [-0.05, 0) is 67.9 Å². The molecule has 0 spiro atoms. The van der Waals surface area contributed by atoms with Gasteiger partial charge in [0.25, 0.3) is 11.8 Å². The number of benzene rings is 3. The Balaban J connectivity index is 1.59. The number of ether oxygens (including phenoxy) is 1. The number of rotatable bonds is 6. The molecule has 0 heterocycles. The van der Waals surface area contributed by atoms with Crippen LogP contribution in [0, 0.1) is 12.7 Å². The van der Waals surface area contributed by atoms with E-state index >= 15 is 0 Å². The summed E-state index contributed by atoms with van der Waals surface area (Å²) in [6, 6.07) is 17.9. The molecule has 5 nitrogen and oxygen atoms in total. The molecule has 1 atom stereocenters. The molecule has 0 saturated heterocycles. The number of aryl methyl sites for hydroxylation is 1. The topological polar surface area (TPSA) is 67.4 Å². The van der Waals surface area contributed by atoms with Gasteiger partial charge in [-0.3, -0.25) is 9.59 Å². The van der Waals surface area contributed by atoms with Crippen molar-refractivity contribution >= 4 is 34.8 Å². The lowest BCUT2D eigenvalue weighted by atomic mass is 10.1. The van der Waals surface area contributed by atoms with Crippen molar-refractivity contribution in [3.63, 3.8) is 0 Å². The van der Waals surface area contributed by atoms with Crippen molar-refractivity contribution in [1.82, 2.24) is 0 Å². The Labute approximate surface area is 178 Å². The Hall–Kier alpha value is -3.38. The second-order valence-electron chi connectivity index (χ2n) is 6.67. The molecule has 0 bridgehead atoms. The van der Waals surface area contributed by atoms with Crippen LogP contribution < -0.4 is 15.4 Å². The molecule has 7 heteroatoms. The number of carbonyl (C=O) groups is 2. The summed E-state index contributed by atoms with van der Waals surface area (Å²) in [5, 5.41) is 5.55. The maximum absolute atomic E-state index is 13.8. The second-order valence-corrected chi connectivity index (χ2v) is 7.10. The van der Waals surface area contributed by atoms with Gasteiger partial charge in [-0.1, -0.05) is 29.8 Å². The molecule has 30 heavy (non-hydrogen) atoms. The fraction of sp³-hybridized carbons (Fsp3) is 0.130. The third-order valence-corrected chi connectivity index (χ3v) is 4.62. The van der Waals surface area contributed by atoms with Gasteiger partial charge >= 0.3 is 0 Å². The van der Waals surface area contributed by atoms with Gasteiger partial charge in [-0.15, -0.1) is 0 Å². The Morgan fingerprint density at radius 2 is 1.67 bits per heavy atom. The van der Waals surface area contributed by atoms with Crippen LogP contribution in [0.15, 0.2) is 66.7 Å². The van der Waals surface area contributed by atoms with Gasteiger partial charge in [0, 0.05) is 16.3 Å². The Morgan fingerprint density at radius 3 is 2.33 bits per heavy atom. The van der Waals surface area contributed by atoms with Gasteiger partial charge in [-0.25, -0.2) is 4.39 Å². The van der Waals surface area contributed by atoms with E-state index in [1.165, 1.54) is 12.1 Å². The Morgan fingerprint density at radius 1 is 0.967 bits per heavy atom. The zero-order valence-corrected chi connectivity index (χ0v) is 17.2. The number of para-hydroxylation sites is 1. The molecule has 0 aliphatic carbocycles. The van der Waals surface area contributed by atoms with Crippen molar-refractivity contribution in [2.45, 2.75) is 20.0 Å². The molecule has 3 rings (SSSR count). The second kappa shape index (κ2) is 9.41. The quantitative estimate of drug-likeness (QED) is 0.551. The molecular formula is C23H20ClFN2O3. The molecule has 0 fully saturated rings. The number of hydrogen-bond donors (Lipinski definition) is 2. The van der Waals surface area contributed by atoms with Crippen molar-refractivity contribution in [2.75, 3.05) is 10.6 Å². The molecular weight excluding hydrogens is 407 g/mol. The van der Waals surface area contributed by atoms with E-state index in [9.17, 15) is 14.0 Å². The molecule has 1 unspecified atom stereocenters. The number of anilines is 2. The van der Waals surface area contributed by atoms with Crippen molar-refractivity contribution < 1.29 is 18.7 Å². The maximum atomic E-state index is 13.8. The summed E-state index contributed by atoms with van der Waals surface area (Å²) in [6.07, 6.45) is -0.883. The summed E-state index contributed by atoms with van der Waals surface area (Å²) >= 11 is 5.71. The molecule has 2 N–H and O–H groups in total. The van der Waals surface area contributed by atoms with E-state index in [1.54, 1.807) is 31.2 Å². The highest BCUT2D eigenvalue weighted by Gasteiger charge is 2.17. The average molecular weight is 427 g/mol. The van der Waals surface area contributed by atoms with Gasteiger partial charge < -0.3 is 15.4 Å². The van der Waals surface area contributed by atoms with E-state index in [0.717, 1.165) is 17.3 Å². The normalized spacial score (nSPS) is 11.5. The predicted octanol–water partition coefficient (Wildman–Crippen LogP) is 5.45. The Kier molecular flexibility index (Phi) is 6.69. The number of amides is 2. The zero-order valence-electron chi connectivity index (χ0n) is 16.4. The van der Waals surface area contributed by atoms with Crippen molar-refractivity contribution in [2.24, 2.45) is 0 Å². The van der Waals surface area contributed by atoms with E-state index in [2.05, 4.69) is 10.6 Å². The van der Waals surface area contributed by atoms with Gasteiger partial charge in [-0.2, -0.15) is 0 Å². The summed E-state index contributed by atoms with van der Waals surface area (Å²) in [5.74, 6) is -0.994. The van der Waals surface area contributed by atoms with E-state index in [0.29, 0.717) is 11.3 Å². The van der Waals surface area contributed by atoms with Crippen LogP contribution in [-0.2, 0) is 4.79 Å². The van der Waals surface area contributed by atoms with Crippen LogP contribution in [0.5, 0.6) is 5.75 Å².